The minimum Gasteiger partial charge on any atom is -0.496 e. The fourth-order valence-electron chi connectivity index (χ4n) is 3.92. The van der Waals surface area contributed by atoms with E-state index in [1.165, 1.54) is 25.3 Å². The Morgan fingerprint density at radius 2 is 1.93 bits per heavy atom. The molecule has 0 bridgehead atoms. The van der Waals surface area contributed by atoms with E-state index in [9.17, 15) is 14.0 Å². The number of ether oxygens (including phenoxy) is 2. The van der Waals surface area contributed by atoms with Crippen LogP contribution in [-0.2, 0) is 16.1 Å². The van der Waals surface area contributed by atoms with E-state index in [0.29, 0.717) is 19.5 Å². The molecule has 1 saturated heterocycles. The van der Waals surface area contributed by atoms with Gasteiger partial charge in [-0.05, 0) is 61.2 Å². The lowest BCUT2D eigenvalue weighted by molar-refractivity contribution is -0.146. The third-order valence-electron chi connectivity index (χ3n) is 5.53. The van der Waals surface area contributed by atoms with Crippen molar-refractivity contribution in [3.05, 3.63) is 64.5 Å². The van der Waals surface area contributed by atoms with Gasteiger partial charge in [0, 0.05) is 24.7 Å². The van der Waals surface area contributed by atoms with E-state index >= 15 is 0 Å². The molecule has 0 aliphatic carbocycles. The SMILES string of the molecule is COC(=O)[C@@H]1C[C@H](NC(=O)c2cccc(F)c2)CN1Cc1cc(C)c(OC)cc1C. The number of hydrogen-bond acceptors (Lipinski definition) is 5. The van der Waals surface area contributed by atoms with Crippen LogP contribution in [0.25, 0.3) is 0 Å². The lowest BCUT2D eigenvalue weighted by atomic mass is 10.0. The van der Waals surface area contributed by atoms with Gasteiger partial charge in [0.05, 0.1) is 14.2 Å². The zero-order valence-corrected chi connectivity index (χ0v) is 17.7. The molecule has 6 nitrogen and oxygen atoms in total. The maximum absolute atomic E-state index is 13.4. The minimum absolute atomic E-state index is 0.246. The molecular weight excluding hydrogens is 387 g/mol. The summed E-state index contributed by atoms with van der Waals surface area (Å²) >= 11 is 0. The van der Waals surface area contributed by atoms with Crippen LogP contribution in [-0.4, -0.2) is 49.6 Å². The Morgan fingerprint density at radius 1 is 1.17 bits per heavy atom. The number of likely N-dealkylation sites (tertiary alicyclic amines) is 1. The van der Waals surface area contributed by atoms with E-state index < -0.39 is 11.9 Å². The van der Waals surface area contributed by atoms with Crippen LogP contribution < -0.4 is 10.1 Å². The van der Waals surface area contributed by atoms with Crippen LogP contribution in [0.4, 0.5) is 4.39 Å². The summed E-state index contributed by atoms with van der Waals surface area (Å²) in [5, 5.41) is 2.92. The number of aryl methyl sites for hydroxylation is 2. The molecule has 2 aromatic rings. The Hall–Kier alpha value is -2.93. The molecule has 7 heteroatoms. The number of carbonyl (C=O) groups excluding carboxylic acids is 2. The highest BCUT2D eigenvalue weighted by atomic mass is 19.1. The largest absolute Gasteiger partial charge is 0.496 e. The molecule has 2 aromatic carbocycles. The minimum atomic E-state index is -0.464. The molecule has 1 aliphatic rings. The predicted molar refractivity (Wildman–Crippen MR) is 111 cm³/mol. The summed E-state index contributed by atoms with van der Waals surface area (Å²) in [6.07, 6.45) is 0.432. The normalized spacial score (nSPS) is 18.8. The van der Waals surface area contributed by atoms with Crippen LogP contribution in [0.15, 0.2) is 36.4 Å². The van der Waals surface area contributed by atoms with E-state index in [-0.39, 0.29) is 23.5 Å². The Balaban J connectivity index is 1.76. The molecule has 0 radical (unpaired) electrons. The van der Waals surface area contributed by atoms with Gasteiger partial charge in [-0.3, -0.25) is 14.5 Å². The number of hydrogen-bond donors (Lipinski definition) is 1. The smallest absolute Gasteiger partial charge is 0.323 e. The monoisotopic (exact) mass is 414 g/mol. The second-order valence-electron chi connectivity index (χ2n) is 7.63. The highest BCUT2D eigenvalue weighted by Crippen LogP contribution is 2.27. The Bertz CT molecular complexity index is 947. The summed E-state index contributed by atoms with van der Waals surface area (Å²) in [5.41, 5.74) is 3.42. The first-order valence-corrected chi connectivity index (χ1v) is 9.84. The fraction of sp³-hybridized carbons (Fsp3) is 0.391. The highest BCUT2D eigenvalue weighted by Gasteiger charge is 2.38. The second kappa shape index (κ2) is 9.26. The van der Waals surface area contributed by atoms with Crippen molar-refractivity contribution in [2.75, 3.05) is 20.8 Å². The molecule has 0 aromatic heterocycles. The third kappa shape index (κ3) is 4.79. The van der Waals surface area contributed by atoms with Crippen molar-refractivity contribution in [1.29, 1.82) is 0 Å². The first kappa shape index (κ1) is 21.8. The van der Waals surface area contributed by atoms with E-state index in [0.717, 1.165) is 22.4 Å². The predicted octanol–water partition coefficient (Wildman–Crippen LogP) is 3.00. The summed E-state index contributed by atoms with van der Waals surface area (Å²) in [4.78, 5) is 26.9. The summed E-state index contributed by atoms with van der Waals surface area (Å²) in [7, 11) is 3.00. The van der Waals surface area contributed by atoms with Crippen LogP contribution >= 0.6 is 0 Å². The zero-order valence-electron chi connectivity index (χ0n) is 17.7. The van der Waals surface area contributed by atoms with E-state index in [2.05, 4.69) is 11.4 Å². The molecule has 3 rings (SSSR count). The molecule has 30 heavy (non-hydrogen) atoms. The second-order valence-corrected chi connectivity index (χ2v) is 7.63. The molecule has 0 unspecified atom stereocenters. The van der Waals surface area contributed by atoms with Crippen LogP contribution in [0.3, 0.4) is 0 Å². The average molecular weight is 414 g/mol. The number of benzene rings is 2. The molecule has 160 valence electrons. The molecular formula is C23H27FN2O4. The first-order chi connectivity index (χ1) is 14.3. The lowest BCUT2D eigenvalue weighted by Gasteiger charge is -2.23. The van der Waals surface area contributed by atoms with Crippen molar-refractivity contribution in [3.63, 3.8) is 0 Å². The van der Waals surface area contributed by atoms with Crippen molar-refractivity contribution in [3.8, 4) is 5.75 Å². The van der Waals surface area contributed by atoms with Crippen LogP contribution in [0.1, 0.15) is 33.5 Å². The first-order valence-electron chi connectivity index (χ1n) is 9.84. The van der Waals surface area contributed by atoms with Gasteiger partial charge in [0.1, 0.15) is 17.6 Å². The van der Waals surface area contributed by atoms with Crippen molar-refractivity contribution < 1.29 is 23.5 Å². The molecule has 2 atom stereocenters. The molecule has 1 N–H and O–H groups in total. The molecule has 0 saturated carbocycles. The number of nitrogens with zero attached hydrogens (tertiary/aromatic N) is 1. The molecule has 1 fully saturated rings. The summed E-state index contributed by atoms with van der Waals surface area (Å²) < 4.78 is 23.8. The molecule has 1 heterocycles. The maximum Gasteiger partial charge on any atom is 0.323 e. The number of amides is 1. The average Bonchev–Trinajstić information content (AvgIpc) is 3.11. The Kier molecular flexibility index (Phi) is 6.72. The summed E-state index contributed by atoms with van der Waals surface area (Å²) in [5.74, 6) is -0.335. The van der Waals surface area contributed by atoms with Crippen molar-refractivity contribution in [2.24, 2.45) is 0 Å². The van der Waals surface area contributed by atoms with Gasteiger partial charge in [-0.2, -0.15) is 0 Å². The van der Waals surface area contributed by atoms with Crippen LogP contribution in [0.2, 0.25) is 0 Å². The van der Waals surface area contributed by atoms with Gasteiger partial charge in [0.15, 0.2) is 0 Å². The standard InChI is InChI=1S/C23H27FN2O4/c1-14-9-21(29-3)15(2)8-17(14)12-26-13-19(11-20(26)23(28)30-4)25-22(27)16-6-5-7-18(24)10-16/h5-10,19-20H,11-13H2,1-4H3,(H,25,27)/t19-,20-/m0/s1. The third-order valence-corrected chi connectivity index (χ3v) is 5.53. The van der Waals surface area contributed by atoms with Crippen LogP contribution in [0.5, 0.6) is 5.75 Å². The summed E-state index contributed by atoms with van der Waals surface area (Å²) in [6, 6.07) is 8.88. The van der Waals surface area contributed by atoms with Gasteiger partial charge in [-0.1, -0.05) is 12.1 Å². The van der Waals surface area contributed by atoms with Gasteiger partial charge in [-0.15, -0.1) is 0 Å². The van der Waals surface area contributed by atoms with E-state index in [1.807, 2.05) is 24.8 Å². The number of halogens is 1. The number of carbonyl (C=O) groups is 2. The molecule has 1 aliphatic heterocycles. The Labute approximate surface area is 176 Å². The van der Waals surface area contributed by atoms with Gasteiger partial charge >= 0.3 is 5.97 Å². The van der Waals surface area contributed by atoms with Crippen LogP contribution in [0, 0.1) is 19.7 Å². The number of rotatable bonds is 6. The van der Waals surface area contributed by atoms with Gasteiger partial charge in [-0.25, -0.2) is 4.39 Å². The molecule has 1 amide bonds. The van der Waals surface area contributed by atoms with Gasteiger partial charge in [0.2, 0.25) is 0 Å². The van der Waals surface area contributed by atoms with Crippen molar-refractivity contribution >= 4 is 11.9 Å². The van der Waals surface area contributed by atoms with E-state index in [4.69, 9.17) is 9.47 Å². The number of nitrogens with one attached hydrogen (secondary N) is 1. The number of esters is 1. The zero-order chi connectivity index (χ0) is 21.8. The van der Waals surface area contributed by atoms with Crippen molar-refractivity contribution in [2.45, 2.75) is 38.9 Å². The lowest BCUT2D eigenvalue weighted by Crippen LogP contribution is -2.38. The quantitative estimate of drug-likeness (QED) is 0.736. The maximum atomic E-state index is 13.4. The number of methoxy groups -OCH3 is 2. The molecule has 0 spiro atoms. The summed E-state index contributed by atoms with van der Waals surface area (Å²) in [6.45, 7) is 5.02. The highest BCUT2D eigenvalue weighted by molar-refractivity contribution is 5.94. The Morgan fingerprint density at radius 3 is 2.60 bits per heavy atom. The fourth-order valence-corrected chi connectivity index (χ4v) is 3.92. The van der Waals surface area contributed by atoms with Crippen molar-refractivity contribution in [1.82, 2.24) is 10.2 Å². The van der Waals surface area contributed by atoms with Gasteiger partial charge < -0.3 is 14.8 Å². The van der Waals surface area contributed by atoms with E-state index in [1.54, 1.807) is 13.2 Å². The topological polar surface area (TPSA) is 67.9 Å². The van der Waals surface area contributed by atoms with Gasteiger partial charge in [0.25, 0.3) is 5.91 Å².